The van der Waals surface area contributed by atoms with E-state index < -0.39 is 42.2 Å². The molecule has 2 saturated heterocycles. The molecule has 4 heterocycles. The summed E-state index contributed by atoms with van der Waals surface area (Å²) in [5, 5.41) is 15.1. The molecule has 1 saturated carbocycles. The number of imidazole rings is 2. The van der Waals surface area contributed by atoms with Crippen LogP contribution in [0, 0.1) is 35.0 Å². The van der Waals surface area contributed by atoms with Crippen molar-refractivity contribution in [2.45, 2.75) is 89.5 Å². The summed E-state index contributed by atoms with van der Waals surface area (Å²) >= 11 is 0. The summed E-state index contributed by atoms with van der Waals surface area (Å²) in [5.41, 5.74) is 4.26. The molecule has 2 aromatic heterocycles. The van der Waals surface area contributed by atoms with Gasteiger partial charge in [-0.2, -0.15) is 14.0 Å². The number of aromatic nitrogens is 4. The van der Waals surface area contributed by atoms with Crippen molar-refractivity contribution in [3.63, 3.8) is 0 Å². The third kappa shape index (κ3) is 7.51. The second-order valence-corrected chi connectivity index (χ2v) is 18.3. The molecule has 2 aliphatic heterocycles. The third-order valence-corrected chi connectivity index (χ3v) is 13.7. The van der Waals surface area contributed by atoms with Gasteiger partial charge in [0.1, 0.15) is 23.7 Å². The number of nitriles is 1. The van der Waals surface area contributed by atoms with Crippen LogP contribution in [0.5, 0.6) is 0 Å². The SMILES string of the molecule is COC(=O)N[C@H](C(=O)N1[C@@H]2CC[C@@H](C2)[C@H]1c1nc2ccc(-c3ccc4c(c3)C(F)(F)c3cc(-c5cnc([C@@H]6C[C@H](C#N)CN6C(=O)[C@H](NC(=O)OC)C(C)C)[nH]5)ccc3-4)cc2[nH]1)C(C)C. The molecule has 0 spiro atoms. The van der Waals surface area contributed by atoms with Crippen molar-refractivity contribution >= 4 is 35.0 Å². The number of carbonyl (C=O) groups is 4. The predicted molar refractivity (Wildman–Crippen MR) is 235 cm³/mol. The molecule has 338 valence electrons. The van der Waals surface area contributed by atoms with Gasteiger partial charge in [-0.1, -0.05) is 58.0 Å². The van der Waals surface area contributed by atoms with Crippen LogP contribution < -0.4 is 10.6 Å². The van der Waals surface area contributed by atoms with Gasteiger partial charge in [0.05, 0.1) is 61.2 Å². The number of halogens is 2. The molecular formula is C48H51F2N9O6. The maximum absolute atomic E-state index is 16.6. The third-order valence-electron chi connectivity index (χ3n) is 13.7. The number of nitrogens with one attached hydrogen (secondary N) is 4. The van der Waals surface area contributed by atoms with Gasteiger partial charge < -0.3 is 39.9 Å². The zero-order valence-electron chi connectivity index (χ0n) is 36.9. The number of benzene rings is 3. The first-order valence-electron chi connectivity index (χ1n) is 22.1. The number of alkyl halides is 2. The average Bonchev–Trinajstić information content (AvgIpc) is 4.17. The molecule has 17 heteroatoms. The van der Waals surface area contributed by atoms with Crippen molar-refractivity contribution in [3.05, 3.63) is 83.6 Å². The quantitative estimate of drug-likeness (QED) is 0.107. The highest BCUT2D eigenvalue weighted by molar-refractivity contribution is 5.89. The Bertz CT molecular complexity index is 2760. The smallest absolute Gasteiger partial charge is 0.407 e. The molecule has 0 radical (unpaired) electrons. The molecule has 9 rings (SSSR count). The van der Waals surface area contributed by atoms with Crippen molar-refractivity contribution in [1.29, 1.82) is 5.26 Å². The van der Waals surface area contributed by atoms with Crippen molar-refractivity contribution in [3.8, 4) is 39.6 Å². The summed E-state index contributed by atoms with van der Waals surface area (Å²) in [7, 11) is 2.49. The predicted octanol–water partition coefficient (Wildman–Crippen LogP) is 7.97. The van der Waals surface area contributed by atoms with Crippen molar-refractivity contribution in [1.82, 2.24) is 40.4 Å². The molecule has 4 amide bonds. The van der Waals surface area contributed by atoms with E-state index >= 15 is 8.78 Å². The molecule has 3 fully saturated rings. The fourth-order valence-electron chi connectivity index (χ4n) is 10.4. The van der Waals surface area contributed by atoms with Gasteiger partial charge in [-0.15, -0.1) is 0 Å². The van der Waals surface area contributed by atoms with Crippen LogP contribution in [0.4, 0.5) is 18.4 Å². The van der Waals surface area contributed by atoms with E-state index in [9.17, 15) is 24.4 Å². The topological polar surface area (TPSA) is 198 Å². The van der Waals surface area contributed by atoms with Crippen LogP contribution in [-0.2, 0) is 25.0 Å². The summed E-state index contributed by atoms with van der Waals surface area (Å²) in [6.07, 6.45) is 3.13. The summed E-state index contributed by atoms with van der Waals surface area (Å²) in [5.74, 6) is -3.52. The lowest BCUT2D eigenvalue weighted by Crippen LogP contribution is -2.54. The summed E-state index contributed by atoms with van der Waals surface area (Å²) in [6, 6.07) is 15.3. The monoisotopic (exact) mass is 887 g/mol. The molecular weight excluding hydrogens is 837 g/mol. The van der Waals surface area contributed by atoms with Crippen molar-refractivity contribution in [2.75, 3.05) is 20.8 Å². The minimum absolute atomic E-state index is 0.0347. The summed E-state index contributed by atoms with van der Waals surface area (Å²) in [4.78, 5) is 71.8. The number of H-pyrrole nitrogens is 2. The number of nitrogens with zero attached hydrogens (tertiary/aromatic N) is 5. The van der Waals surface area contributed by atoms with Gasteiger partial charge in [-0.05, 0) is 90.0 Å². The van der Waals surface area contributed by atoms with Crippen LogP contribution in [0.25, 0.3) is 44.5 Å². The number of aromatic amines is 2. The number of carbonyl (C=O) groups excluding carboxylic acids is 4. The maximum Gasteiger partial charge on any atom is 0.407 e. The van der Waals surface area contributed by atoms with Crippen LogP contribution in [0.1, 0.15) is 88.2 Å². The van der Waals surface area contributed by atoms with Crippen LogP contribution in [0.3, 0.4) is 0 Å². The highest BCUT2D eigenvalue weighted by Gasteiger charge is 2.52. The second-order valence-electron chi connectivity index (χ2n) is 18.3. The lowest BCUT2D eigenvalue weighted by atomic mass is 9.95. The molecule has 2 bridgehead atoms. The van der Waals surface area contributed by atoms with Crippen LogP contribution in [0.15, 0.2) is 60.8 Å². The zero-order chi connectivity index (χ0) is 46.1. The zero-order valence-corrected chi connectivity index (χ0v) is 36.9. The van der Waals surface area contributed by atoms with Gasteiger partial charge in [0.25, 0.3) is 5.92 Å². The van der Waals surface area contributed by atoms with Gasteiger partial charge in [0, 0.05) is 29.3 Å². The molecule has 2 aliphatic carbocycles. The molecule has 0 unspecified atom stereocenters. The van der Waals surface area contributed by atoms with E-state index in [0.29, 0.717) is 57.1 Å². The van der Waals surface area contributed by atoms with Crippen LogP contribution in [0.2, 0.25) is 0 Å². The molecule has 5 aromatic rings. The van der Waals surface area contributed by atoms with Gasteiger partial charge >= 0.3 is 12.2 Å². The number of amides is 4. The number of rotatable bonds is 10. The van der Waals surface area contributed by atoms with Crippen LogP contribution in [-0.4, -0.2) is 92.6 Å². The molecule has 65 heavy (non-hydrogen) atoms. The standard InChI is InChI=1S/C48H51F2N9O6/c1-23(2)39(56-46(62)64-5)44(60)58-22-25(20-51)15-38(58)42-52-21-37(55-42)28-9-13-32-31-12-8-26(17-33(31)48(49,50)34(32)18-28)27-10-14-35-36(19-27)54-43(53-35)41-29-7-11-30(16-29)59(41)45(61)40(24(3)4)57-47(63)65-6/h8-10,12-14,17-19,21,23-25,29-30,38-41H,7,11,15-16,22H2,1-6H3,(H,52,55)(H,53,54)(H,56,62)(H,57,63)/t25-,29+,30-,38+,39-,40+,41+/m1/s1. The molecule has 3 aromatic carbocycles. The van der Waals surface area contributed by atoms with Crippen LogP contribution >= 0.6 is 0 Å². The van der Waals surface area contributed by atoms with E-state index in [-0.39, 0.29) is 59.3 Å². The highest BCUT2D eigenvalue weighted by atomic mass is 19.3. The van der Waals surface area contributed by atoms with Gasteiger partial charge in [-0.25, -0.2) is 19.6 Å². The van der Waals surface area contributed by atoms with E-state index in [0.717, 1.165) is 24.8 Å². The largest absolute Gasteiger partial charge is 0.453 e. The number of likely N-dealkylation sites (tertiary alicyclic amines) is 2. The number of hydrogen-bond donors (Lipinski definition) is 4. The first-order valence-corrected chi connectivity index (χ1v) is 22.1. The fraction of sp³-hybridized carbons (Fsp3) is 0.438. The Labute approximate surface area is 374 Å². The van der Waals surface area contributed by atoms with Gasteiger partial charge in [-0.3, -0.25) is 9.59 Å². The first kappa shape index (κ1) is 43.4. The molecule has 7 atom stereocenters. The molecule has 4 N–H and O–H groups in total. The van der Waals surface area contributed by atoms with E-state index in [4.69, 9.17) is 14.5 Å². The van der Waals surface area contributed by atoms with E-state index in [2.05, 4.69) is 31.7 Å². The number of alkyl carbamates (subject to hydrolysis) is 2. The molecule has 15 nitrogen and oxygen atoms in total. The van der Waals surface area contributed by atoms with Gasteiger partial charge in [0.15, 0.2) is 0 Å². The Morgan fingerprint density at radius 2 is 1.43 bits per heavy atom. The lowest BCUT2D eigenvalue weighted by molar-refractivity contribution is -0.139. The van der Waals surface area contributed by atoms with Crippen molar-refractivity contribution < 1.29 is 37.4 Å². The number of fused-ring (bicyclic) bond motifs is 6. The minimum Gasteiger partial charge on any atom is -0.453 e. The Kier molecular flexibility index (Phi) is 11.1. The maximum atomic E-state index is 16.6. The Hall–Kier alpha value is -6.83. The van der Waals surface area contributed by atoms with E-state index in [1.165, 1.54) is 31.3 Å². The fourth-order valence-corrected chi connectivity index (χ4v) is 10.4. The highest BCUT2D eigenvalue weighted by Crippen LogP contribution is 2.53. The summed E-state index contributed by atoms with van der Waals surface area (Å²) in [6.45, 7) is 7.51. The Morgan fingerprint density at radius 1 is 0.815 bits per heavy atom. The Morgan fingerprint density at radius 3 is 2.08 bits per heavy atom. The summed E-state index contributed by atoms with van der Waals surface area (Å²) < 4.78 is 42.8. The lowest BCUT2D eigenvalue weighted by Gasteiger charge is -2.37. The number of hydrogen-bond acceptors (Lipinski definition) is 9. The van der Waals surface area contributed by atoms with Crippen molar-refractivity contribution in [2.24, 2.45) is 23.7 Å². The van der Waals surface area contributed by atoms with E-state index in [1.807, 2.05) is 43.0 Å². The Balaban J connectivity index is 0.961. The van der Waals surface area contributed by atoms with E-state index in [1.54, 1.807) is 38.2 Å². The normalized spacial score (nSPS) is 22.4. The second kappa shape index (κ2) is 16.6. The first-order chi connectivity index (χ1) is 31.1. The average molecular weight is 888 g/mol. The number of piperidine rings is 1. The minimum atomic E-state index is -3.33. The van der Waals surface area contributed by atoms with Gasteiger partial charge in [0.2, 0.25) is 11.8 Å². The molecule has 4 aliphatic rings. The number of ether oxygens (including phenoxy) is 2. The number of methoxy groups -OCH3 is 2.